The molecule has 0 saturated heterocycles. The molecule has 4 heterocycles. The van der Waals surface area contributed by atoms with Crippen LogP contribution in [0.25, 0.3) is 93.2 Å². The summed E-state index contributed by atoms with van der Waals surface area (Å²) in [6, 6.07) is 88.2. The minimum Gasteiger partial charge on any atom is -0.509 e. The second-order valence-corrected chi connectivity index (χ2v) is 22.8. The fourth-order valence-corrected chi connectivity index (χ4v) is 11.9. The second kappa shape index (κ2) is 19.9. The van der Waals surface area contributed by atoms with Crippen molar-refractivity contribution in [3.05, 3.63) is 261 Å². The SMILES string of the molecule is CC(C)(C)c1cc(-c2cccc3c4cccc5c6ccc(Oc7[c-]c(N8[CH-]N(c9c(-c%10ccccc%10)cccc9-c9ccccc9)c9ccccc98)ccc7)[c-]c6n(c6ncccc6c6ccccc6c23)c45)cc(C(C)(C)C)c1.[Pt]. The Balaban J connectivity index is 0.00000605. The van der Waals surface area contributed by atoms with Crippen molar-refractivity contribution in [3.8, 4) is 44.9 Å². The van der Waals surface area contributed by atoms with E-state index in [4.69, 9.17) is 9.72 Å². The van der Waals surface area contributed by atoms with Crippen LogP contribution in [0.4, 0.5) is 22.7 Å². The van der Waals surface area contributed by atoms with Crippen molar-refractivity contribution in [1.82, 2.24) is 9.38 Å². The van der Waals surface area contributed by atoms with Crippen molar-refractivity contribution in [1.29, 1.82) is 0 Å². The molecule has 14 rings (SSSR count). The van der Waals surface area contributed by atoms with Gasteiger partial charge in [-0.05, 0) is 95.4 Å². The third-order valence-corrected chi connectivity index (χ3v) is 15.8. The van der Waals surface area contributed by atoms with E-state index in [0.29, 0.717) is 11.5 Å². The zero-order chi connectivity index (χ0) is 53.6. The number of anilines is 4. The summed E-state index contributed by atoms with van der Waals surface area (Å²) in [4.78, 5) is 9.81. The van der Waals surface area contributed by atoms with Crippen LogP contribution in [0.2, 0.25) is 0 Å². The van der Waals surface area contributed by atoms with Crippen LogP contribution < -0.4 is 14.5 Å². The van der Waals surface area contributed by atoms with Crippen LogP contribution in [0.15, 0.2) is 231 Å². The first-order valence-electron chi connectivity index (χ1n) is 27.3. The van der Waals surface area contributed by atoms with Crippen molar-refractivity contribution in [3.63, 3.8) is 0 Å². The second-order valence-electron chi connectivity index (χ2n) is 22.8. The Morgan fingerprint density at radius 2 is 0.950 bits per heavy atom. The number of aromatic nitrogens is 2. The molecule has 0 saturated carbocycles. The van der Waals surface area contributed by atoms with Gasteiger partial charge in [-0.25, -0.2) is 4.98 Å². The van der Waals surface area contributed by atoms with E-state index in [2.05, 4.69) is 281 Å². The normalized spacial score (nSPS) is 12.7. The minimum atomic E-state index is -0.0453. The maximum Gasteiger partial charge on any atom is 0.143 e. The quantitative estimate of drug-likeness (QED) is 0.149. The molecule has 3 aromatic heterocycles. The molecule has 392 valence electrons. The predicted octanol–water partition coefficient (Wildman–Crippen LogP) is 20.1. The standard InChI is InChI=1S/C74H57N4O.Pt/c1-73(2,3)51-42-50(43-52(44-51)74(4,5)6)56-30-18-33-62-64-35-20-34-63-60-40-39-55(46-68(60)78(71(63)64)72-65(36-21-41-75-72)59-28-13-14-29-61(59)69(56)62)79-54-27-17-26-53(45-54)76-47-77(67-38-16-15-37-66(67)76)70-57(48-22-9-7-10-23-48)31-19-32-58(70)49-24-11-8-12-25-49;/h7-44,47H,1-6H3;/q-3;. The van der Waals surface area contributed by atoms with Gasteiger partial charge in [0.2, 0.25) is 0 Å². The third-order valence-electron chi connectivity index (χ3n) is 15.8. The topological polar surface area (TPSA) is 33.0 Å². The number of benzene rings is 10. The number of rotatable bonds is 7. The molecule has 80 heavy (non-hydrogen) atoms. The van der Waals surface area contributed by atoms with Gasteiger partial charge >= 0.3 is 0 Å². The molecule has 0 spiro atoms. The molecule has 6 heteroatoms. The summed E-state index contributed by atoms with van der Waals surface area (Å²) in [5.74, 6) is 1.15. The molecular formula is C74H57N4OPt-3. The first-order valence-corrected chi connectivity index (χ1v) is 27.3. The Morgan fingerprint density at radius 3 is 1.64 bits per heavy atom. The van der Waals surface area contributed by atoms with Crippen LogP contribution in [0.1, 0.15) is 52.7 Å². The Bertz CT molecular complexity index is 4500. The van der Waals surface area contributed by atoms with Gasteiger partial charge in [0.05, 0.1) is 0 Å². The molecule has 0 aliphatic carbocycles. The summed E-state index contributed by atoms with van der Waals surface area (Å²) in [5.41, 5.74) is 16.4. The van der Waals surface area contributed by atoms with Crippen LogP contribution in [-0.2, 0) is 31.9 Å². The van der Waals surface area contributed by atoms with E-state index in [1.54, 1.807) is 0 Å². The number of pyridine rings is 1. The Labute approximate surface area is 482 Å². The molecule has 0 bridgehead atoms. The van der Waals surface area contributed by atoms with E-state index < -0.39 is 0 Å². The Kier molecular flexibility index (Phi) is 12.6. The van der Waals surface area contributed by atoms with Gasteiger partial charge in [-0.3, -0.25) is 0 Å². The maximum absolute atomic E-state index is 6.90. The van der Waals surface area contributed by atoms with Crippen LogP contribution in [0.3, 0.4) is 0 Å². The van der Waals surface area contributed by atoms with E-state index in [0.717, 1.165) is 99.4 Å². The molecule has 0 unspecified atom stereocenters. The smallest absolute Gasteiger partial charge is 0.143 e. The van der Waals surface area contributed by atoms with Crippen LogP contribution >= 0.6 is 0 Å². The molecule has 0 fully saturated rings. The largest absolute Gasteiger partial charge is 0.509 e. The van der Waals surface area contributed by atoms with Gasteiger partial charge in [0.1, 0.15) is 5.65 Å². The van der Waals surface area contributed by atoms with Gasteiger partial charge < -0.3 is 18.9 Å². The molecular weight excluding hydrogens is 1160 g/mol. The number of nitrogens with zero attached hydrogens (tertiary/aromatic N) is 4. The summed E-state index contributed by atoms with van der Waals surface area (Å²) in [7, 11) is 0. The molecule has 1 aliphatic rings. The van der Waals surface area contributed by atoms with Crippen LogP contribution in [-0.4, -0.2) is 9.38 Å². The zero-order valence-electron chi connectivity index (χ0n) is 45.5. The van der Waals surface area contributed by atoms with Crippen molar-refractivity contribution in [2.24, 2.45) is 0 Å². The Hall–Kier alpha value is -8.76. The summed E-state index contributed by atoms with van der Waals surface area (Å²) in [6.45, 7) is 16.1. The summed E-state index contributed by atoms with van der Waals surface area (Å²) >= 11 is 0. The number of ether oxygens (including phenoxy) is 1. The number of para-hydroxylation sites is 4. The average molecular weight is 1210 g/mol. The first kappa shape index (κ1) is 50.7. The molecule has 13 aromatic rings. The third kappa shape index (κ3) is 8.63. The van der Waals surface area contributed by atoms with E-state index in [1.165, 1.54) is 27.6 Å². The van der Waals surface area contributed by atoms with Crippen molar-refractivity contribution >= 4 is 82.5 Å². The van der Waals surface area contributed by atoms with E-state index in [-0.39, 0.29) is 31.9 Å². The van der Waals surface area contributed by atoms with E-state index >= 15 is 0 Å². The molecule has 1 aliphatic heterocycles. The predicted molar refractivity (Wildman–Crippen MR) is 331 cm³/mol. The molecule has 10 aromatic carbocycles. The molecule has 0 atom stereocenters. The molecule has 0 N–H and O–H groups in total. The number of hydrogen-bond acceptors (Lipinski definition) is 4. The molecule has 0 amide bonds. The van der Waals surface area contributed by atoms with Crippen LogP contribution in [0.5, 0.6) is 11.5 Å². The van der Waals surface area contributed by atoms with Crippen molar-refractivity contribution in [2.45, 2.75) is 52.4 Å². The van der Waals surface area contributed by atoms with Crippen LogP contribution in [0, 0.1) is 18.8 Å². The first-order chi connectivity index (χ1) is 38.5. The maximum atomic E-state index is 6.90. The fraction of sp³-hybridized carbons (Fsp3) is 0.108. The van der Waals surface area contributed by atoms with E-state index in [1.807, 2.05) is 24.4 Å². The van der Waals surface area contributed by atoms with Crippen molar-refractivity contribution in [2.75, 3.05) is 9.80 Å². The van der Waals surface area contributed by atoms with Crippen molar-refractivity contribution < 1.29 is 25.8 Å². The number of fused-ring (bicyclic) bond motifs is 11. The van der Waals surface area contributed by atoms with E-state index in [9.17, 15) is 0 Å². The summed E-state index contributed by atoms with van der Waals surface area (Å²) < 4.78 is 9.22. The van der Waals surface area contributed by atoms with Gasteiger partial charge in [-0.1, -0.05) is 217 Å². The van der Waals surface area contributed by atoms with Gasteiger partial charge in [0.15, 0.2) is 0 Å². The fourth-order valence-electron chi connectivity index (χ4n) is 11.9. The zero-order valence-corrected chi connectivity index (χ0v) is 47.8. The molecule has 0 radical (unpaired) electrons. The Morgan fingerprint density at radius 1 is 0.425 bits per heavy atom. The summed E-state index contributed by atoms with van der Waals surface area (Å²) in [6.07, 6.45) is 1.91. The average Bonchev–Trinajstić information content (AvgIpc) is 4.12. The van der Waals surface area contributed by atoms with Gasteiger partial charge in [0.25, 0.3) is 0 Å². The minimum absolute atomic E-state index is 0. The van der Waals surface area contributed by atoms with Gasteiger partial charge in [0, 0.05) is 83.2 Å². The summed E-state index contributed by atoms with van der Waals surface area (Å²) in [5, 5.41) is 8.97. The van der Waals surface area contributed by atoms with Gasteiger partial charge in [-0.15, -0.1) is 48.1 Å². The molecule has 5 nitrogen and oxygen atoms in total. The monoisotopic (exact) mass is 1210 g/mol. The van der Waals surface area contributed by atoms with Gasteiger partial charge in [-0.2, -0.15) is 12.1 Å². The number of hydrogen-bond donors (Lipinski definition) is 0.